The van der Waals surface area contributed by atoms with Crippen molar-refractivity contribution in [3.8, 4) is 11.5 Å². The lowest BCUT2D eigenvalue weighted by Crippen LogP contribution is -2.13. The molecule has 0 saturated heterocycles. The van der Waals surface area contributed by atoms with Crippen molar-refractivity contribution in [3.63, 3.8) is 0 Å². The van der Waals surface area contributed by atoms with Gasteiger partial charge in [-0.3, -0.25) is 9.78 Å². The Balaban J connectivity index is 1.76. The van der Waals surface area contributed by atoms with Gasteiger partial charge in [-0.15, -0.1) is 11.8 Å². The van der Waals surface area contributed by atoms with Gasteiger partial charge < -0.3 is 20.1 Å². The summed E-state index contributed by atoms with van der Waals surface area (Å²) in [6.45, 7) is 0. The summed E-state index contributed by atoms with van der Waals surface area (Å²) < 4.78 is 10.5. The molecule has 1 amide bonds. The number of ether oxygens (including phenoxy) is 2. The first-order valence-corrected chi connectivity index (χ1v) is 10.0. The summed E-state index contributed by atoms with van der Waals surface area (Å²) in [4.78, 5) is 18.0. The number of aromatic nitrogens is 1. The average molecular weight is 410 g/mol. The highest BCUT2D eigenvalue weighted by atomic mass is 32.2. The number of thioether (sulfide) groups is 1. The zero-order valence-corrected chi connectivity index (χ0v) is 17.4. The lowest BCUT2D eigenvalue weighted by molar-refractivity contribution is 0.102. The molecule has 0 spiro atoms. The Morgan fingerprint density at radius 2 is 1.83 bits per heavy atom. The van der Waals surface area contributed by atoms with Gasteiger partial charge >= 0.3 is 0 Å². The predicted molar refractivity (Wildman–Crippen MR) is 117 cm³/mol. The Hall–Kier alpha value is -3.19. The first-order valence-electron chi connectivity index (χ1n) is 9.02. The van der Waals surface area contributed by atoms with Gasteiger partial charge in [0.15, 0.2) is 11.5 Å². The Morgan fingerprint density at radius 3 is 2.59 bits per heavy atom. The Bertz CT molecular complexity index is 995. The molecule has 150 valence electrons. The van der Waals surface area contributed by atoms with Gasteiger partial charge in [0.1, 0.15) is 0 Å². The lowest BCUT2D eigenvalue weighted by atomic mass is 10.1. The van der Waals surface area contributed by atoms with Crippen LogP contribution in [-0.2, 0) is 5.75 Å². The molecule has 7 heteroatoms. The molecule has 6 nitrogen and oxygen atoms in total. The lowest BCUT2D eigenvalue weighted by Gasteiger charge is -2.13. The highest BCUT2D eigenvalue weighted by Gasteiger charge is 2.13. The smallest absolute Gasteiger partial charge is 0.255 e. The molecule has 0 radical (unpaired) electrons. The maximum Gasteiger partial charge on any atom is 0.255 e. The Kier molecular flexibility index (Phi) is 6.97. The van der Waals surface area contributed by atoms with Crippen molar-refractivity contribution in [1.29, 1.82) is 0 Å². The van der Waals surface area contributed by atoms with E-state index in [0.717, 1.165) is 21.8 Å². The molecule has 0 fully saturated rings. The van der Waals surface area contributed by atoms with Crippen molar-refractivity contribution in [2.45, 2.75) is 10.6 Å². The summed E-state index contributed by atoms with van der Waals surface area (Å²) in [5.41, 5.74) is 3.32. The maximum absolute atomic E-state index is 12.8. The van der Waals surface area contributed by atoms with Crippen LogP contribution >= 0.6 is 11.8 Å². The molecule has 29 heavy (non-hydrogen) atoms. The van der Waals surface area contributed by atoms with E-state index in [1.807, 2.05) is 43.6 Å². The summed E-state index contributed by atoms with van der Waals surface area (Å²) in [6.07, 6.45) is 3.59. The SMILES string of the molecule is CNc1ccncc1SCc1ccccc1NC(=O)c1ccc(OC)c(OC)c1. The van der Waals surface area contributed by atoms with Crippen molar-refractivity contribution in [2.24, 2.45) is 0 Å². The largest absolute Gasteiger partial charge is 0.493 e. The van der Waals surface area contributed by atoms with E-state index in [1.165, 1.54) is 0 Å². The van der Waals surface area contributed by atoms with Crippen LogP contribution in [0.25, 0.3) is 0 Å². The molecule has 0 aliphatic carbocycles. The first kappa shape index (κ1) is 20.5. The molecule has 0 aliphatic heterocycles. The summed E-state index contributed by atoms with van der Waals surface area (Å²) >= 11 is 1.66. The zero-order valence-electron chi connectivity index (χ0n) is 16.6. The maximum atomic E-state index is 12.8. The monoisotopic (exact) mass is 409 g/mol. The standard InChI is InChI=1S/C22H23N3O3S/c1-23-18-10-11-24-13-21(18)29-14-16-6-4-5-7-17(16)25-22(26)15-8-9-19(27-2)20(12-15)28-3/h4-13H,14H2,1-3H3,(H,23,24)(H,25,26). The van der Waals surface area contributed by atoms with Crippen molar-refractivity contribution >= 4 is 29.0 Å². The fraction of sp³-hybridized carbons (Fsp3) is 0.182. The molecule has 0 aliphatic rings. The third kappa shape index (κ3) is 5.00. The summed E-state index contributed by atoms with van der Waals surface area (Å²) in [5, 5.41) is 6.17. The van der Waals surface area contributed by atoms with Crippen LogP contribution in [0.15, 0.2) is 65.8 Å². The minimum Gasteiger partial charge on any atom is -0.493 e. The van der Waals surface area contributed by atoms with Crippen LogP contribution in [0.5, 0.6) is 11.5 Å². The van der Waals surface area contributed by atoms with Crippen LogP contribution < -0.4 is 20.1 Å². The molecule has 2 aromatic carbocycles. The molecule has 0 unspecified atom stereocenters. The number of benzene rings is 2. The van der Waals surface area contributed by atoms with E-state index in [4.69, 9.17) is 9.47 Å². The zero-order chi connectivity index (χ0) is 20.6. The number of amides is 1. The molecular formula is C22H23N3O3S. The molecule has 1 heterocycles. The van der Waals surface area contributed by atoms with Gasteiger partial charge in [-0.05, 0) is 35.9 Å². The van der Waals surface area contributed by atoms with Gasteiger partial charge in [-0.25, -0.2) is 0 Å². The summed E-state index contributed by atoms with van der Waals surface area (Å²) in [7, 11) is 4.99. The number of nitrogens with one attached hydrogen (secondary N) is 2. The van der Waals surface area contributed by atoms with E-state index < -0.39 is 0 Å². The second-order valence-corrected chi connectivity index (χ2v) is 7.11. The van der Waals surface area contributed by atoms with Crippen molar-refractivity contribution in [1.82, 2.24) is 4.98 Å². The molecule has 0 saturated carbocycles. The quantitative estimate of drug-likeness (QED) is 0.526. The fourth-order valence-corrected chi connectivity index (χ4v) is 3.82. The number of rotatable bonds is 8. The molecule has 1 aromatic heterocycles. The van der Waals surface area contributed by atoms with Gasteiger partial charge in [-0.2, -0.15) is 0 Å². The first-order chi connectivity index (χ1) is 14.2. The number of pyridine rings is 1. The topological polar surface area (TPSA) is 72.5 Å². The highest BCUT2D eigenvalue weighted by molar-refractivity contribution is 7.98. The molecule has 3 rings (SSSR count). The van der Waals surface area contributed by atoms with E-state index in [1.54, 1.807) is 50.4 Å². The van der Waals surface area contributed by atoms with E-state index in [0.29, 0.717) is 22.8 Å². The van der Waals surface area contributed by atoms with Gasteiger partial charge in [0.25, 0.3) is 5.91 Å². The van der Waals surface area contributed by atoms with Crippen LogP contribution in [-0.4, -0.2) is 32.2 Å². The third-order valence-corrected chi connectivity index (χ3v) is 5.44. The second-order valence-electron chi connectivity index (χ2n) is 6.09. The van der Waals surface area contributed by atoms with E-state index in [2.05, 4.69) is 15.6 Å². The fourth-order valence-electron chi connectivity index (χ4n) is 2.80. The minimum absolute atomic E-state index is 0.208. The van der Waals surface area contributed by atoms with Crippen molar-refractivity contribution < 1.29 is 14.3 Å². The number of hydrogen-bond acceptors (Lipinski definition) is 6. The average Bonchev–Trinajstić information content (AvgIpc) is 2.78. The van der Waals surface area contributed by atoms with Crippen LogP contribution in [0.3, 0.4) is 0 Å². The number of carbonyl (C=O) groups is 1. The molecule has 3 aromatic rings. The summed E-state index contributed by atoms with van der Waals surface area (Å²) in [6, 6.07) is 14.8. The minimum atomic E-state index is -0.208. The Morgan fingerprint density at radius 1 is 1.03 bits per heavy atom. The number of hydrogen-bond donors (Lipinski definition) is 2. The van der Waals surface area contributed by atoms with Crippen LogP contribution in [0.2, 0.25) is 0 Å². The van der Waals surface area contributed by atoms with Gasteiger partial charge in [0.2, 0.25) is 0 Å². The van der Waals surface area contributed by atoms with E-state index in [9.17, 15) is 4.79 Å². The van der Waals surface area contributed by atoms with Gasteiger partial charge in [-0.1, -0.05) is 18.2 Å². The van der Waals surface area contributed by atoms with Crippen LogP contribution in [0.1, 0.15) is 15.9 Å². The number of methoxy groups -OCH3 is 2. The summed E-state index contributed by atoms with van der Waals surface area (Å²) in [5.74, 6) is 1.58. The normalized spacial score (nSPS) is 10.3. The van der Waals surface area contributed by atoms with Gasteiger partial charge in [0, 0.05) is 41.3 Å². The number of nitrogens with zero attached hydrogens (tertiary/aromatic N) is 1. The Labute approximate surface area is 174 Å². The van der Waals surface area contributed by atoms with E-state index >= 15 is 0 Å². The molecule has 0 atom stereocenters. The number of anilines is 2. The van der Waals surface area contributed by atoms with Crippen LogP contribution in [0.4, 0.5) is 11.4 Å². The van der Waals surface area contributed by atoms with Crippen molar-refractivity contribution in [2.75, 3.05) is 31.9 Å². The van der Waals surface area contributed by atoms with Crippen molar-refractivity contribution in [3.05, 3.63) is 72.1 Å². The highest BCUT2D eigenvalue weighted by Crippen LogP contribution is 2.32. The third-order valence-electron chi connectivity index (χ3n) is 4.35. The van der Waals surface area contributed by atoms with Gasteiger partial charge in [0.05, 0.1) is 19.9 Å². The predicted octanol–water partition coefficient (Wildman–Crippen LogP) is 4.69. The molecule has 2 N–H and O–H groups in total. The number of carbonyl (C=O) groups excluding carboxylic acids is 1. The molecule has 0 bridgehead atoms. The van der Waals surface area contributed by atoms with Crippen LogP contribution in [0, 0.1) is 0 Å². The second kappa shape index (κ2) is 9.84. The van der Waals surface area contributed by atoms with E-state index in [-0.39, 0.29) is 5.91 Å². The molecular weight excluding hydrogens is 386 g/mol. The number of para-hydroxylation sites is 1.